The molecule has 208 valence electrons. The fourth-order valence-corrected chi connectivity index (χ4v) is 5.64. The van der Waals surface area contributed by atoms with Crippen molar-refractivity contribution in [1.29, 1.82) is 0 Å². The van der Waals surface area contributed by atoms with Crippen LogP contribution in [0.1, 0.15) is 38.3 Å². The predicted molar refractivity (Wildman–Crippen MR) is 157 cm³/mol. The molecule has 3 aromatic rings. The third kappa shape index (κ3) is 7.53. The molecule has 0 aliphatic rings. The van der Waals surface area contributed by atoms with Gasteiger partial charge >= 0.3 is 0 Å². The summed E-state index contributed by atoms with van der Waals surface area (Å²) in [5.74, 6) is -0.918. The van der Waals surface area contributed by atoms with Crippen molar-refractivity contribution in [2.75, 3.05) is 10.8 Å². The molecule has 0 heterocycles. The maximum atomic E-state index is 13.9. The first-order chi connectivity index (χ1) is 18.4. The van der Waals surface area contributed by atoms with Crippen molar-refractivity contribution in [1.82, 2.24) is 10.2 Å². The molecule has 0 aromatic heterocycles. The van der Waals surface area contributed by atoms with Gasteiger partial charge in [-0.2, -0.15) is 0 Å². The van der Waals surface area contributed by atoms with Gasteiger partial charge in [-0.05, 0) is 68.7 Å². The average Bonchev–Trinajstić information content (AvgIpc) is 2.92. The Kier molecular flexibility index (Phi) is 10.4. The molecule has 0 aliphatic heterocycles. The van der Waals surface area contributed by atoms with Crippen LogP contribution in [0.4, 0.5) is 5.69 Å². The molecule has 7 nitrogen and oxygen atoms in total. The molecular formula is C29H33Cl2N3O4S. The maximum Gasteiger partial charge on any atom is 0.264 e. The summed E-state index contributed by atoms with van der Waals surface area (Å²) in [7, 11) is -4.16. The number of sulfonamides is 1. The second-order valence-electron chi connectivity index (χ2n) is 9.37. The molecule has 39 heavy (non-hydrogen) atoms. The molecule has 0 fully saturated rings. The highest BCUT2D eigenvalue weighted by Crippen LogP contribution is 2.29. The number of hydrogen-bond donors (Lipinski definition) is 1. The first-order valence-corrected chi connectivity index (χ1v) is 14.8. The van der Waals surface area contributed by atoms with Crippen LogP contribution >= 0.6 is 23.2 Å². The highest BCUT2D eigenvalue weighted by molar-refractivity contribution is 7.92. The lowest BCUT2D eigenvalue weighted by molar-refractivity contribution is -0.139. The van der Waals surface area contributed by atoms with E-state index in [2.05, 4.69) is 5.32 Å². The zero-order chi connectivity index (χ0) is 28.7. The summed E-state index contributed by atoms with van der Waals surface area (Å²) in [6, 6.07) is 18.7. The van der Waals surface area contributed by atoms with Gasteiger partial charge in [0.25, 0.3) is 10.0 Å². The van der Waals surface area contributed by atoms with Crippen molar-refractivity contribution < 1.29 is 18.0 Å². The lowest BCUT2D eigenvalue weighted by Crippen LogP contribution is -2.52. The van der Waals surface area contributed by atoms with Crippen LogP contribution in [-0.4, -0.2) is 43.8 Å². The molecular weight excluding hydrogens is 557 g/mol. The SMILES string of the molecule is CC[C@@H](C)NC(=O)[C@@H](C)N(Cc1ccccc1Cl)C(=O)CN(c1ccc(C)c(Cl)c1)S(=O)(=O)c1ccccc1. The number of hydrogen-bond acceptors (Lipinski definition) is 4. The number of carbonyl (C=O) groups excluding carboxylic acids is 2. The molecule has 3 aromatic carbocycles. The largest absolute Gasteiger partial charge is 0.352 e. The van der Waals surface area contributed by atoms with Gasteiger partial charge < -0.3 is 10.2 Å². The fourth-order valence-electron chi connectivity index (χ4n) is 3.84. The van der Waals surface area contributed by atoms with E-state index in [9.17, 15) is 18.0 Å². The Labute approximate surface area is 240 Å². The van der Waals surface area contributed by atoms with Crippen molar-refractivity contribution >= 4 is 50.7 Å². The quantitative estimate of drug-likeness (QED) is 0.305. The Morgan fingerprint density at radius 3 is 2.18 bits per heavy atom. The van der Waals surface area contributed by atoms with Crippen molar-refractivity contribution in [2.45, 2.75) is 57.6 Å². The monoisotopic (exact) mass is 589 g/mol. The fraction of sp³-hybridized carbons (Fsp3) is 0.310. The van der Waals surface area contributed by atoms with Crippen LogP contribution in [-0.2, 0) is 26.2 Å². The minimum atomic E-state index is -4.16. The number of anilines is 1. The molecule has 1 N–H and O–H groups in total. The number of nitrogens with zero attached hydrogens (tertiary/aromatic N) is 2. The number of carbonyl (C=O) groups is 2. The molecule has 3 rings (SSSR count). The van der Waals surface area contributed by atoms with E-state index < -0.39 is 28.5 Å². The van der Waals surface area contributed by atoms with E-state index in [0.717, 1.165) is 9.87 Å². The molecule has 2 amide bonds. The minimum Gasteiger partial charge on any atom is -0.352 e. The summed E-state index contributed by atoms with van der Waals surface area (Å²) in [6.07, 6.45) is 0.716. The molecule has 0 saturated carbocycles. The van der Waals surface area contributed by atoms with Gasteiger partial charge in [0, 0.05) is 22.6 Å². The Bertz CT molecular complexity index is 1420. The van der Waals surface area contributed by atoms with Crippen LogP contribution < -0.4 is 9.62 Å². The van der Waals surface area contributed by atoms with Crippen LogP contribution in [0.3, 0.4) is 0 Å². The standard InChI is InChI=1S/C29H33Cl2N3O4S/c1-5-21(3)32-29(36)22(4)33(18-23-11-9-10-14-26(23)30)28(35)19-34(24-16-15-20(2)27(31)17-24)39(37,38)25-12-7-6-8-13-25/h6-17,21-22H,5,18-19H2,1-4H3,(H,32,36)/t21-,22-/m1/s1. The molecule has 0 saturated heterocycles. The van der Waals surface area contributed by atoms with Gasteiger partial charge in [0.15, 0.2) is 0 Å². The van der Waals surface area contributed by atoms with Crippen LogP contribution in [0, 0.1) is 6.92 Å². The topological polar surface area (TPSA) is 86.8 Å². The Morgan fingerprint density at radius 1 is 0.923 bits per heavy atom. The van der Waals surface area contributed by atoms with E-state index >= 15 is 0 Å². The lowest BCUT2D eigenvalue weighted by Gasteiger charge is -2.32. The lowest BCUT2D eigenvalue weighted by atomic mass is 10.1. The maximum absolute atomic E-state index is 13.9. The Morgan fingerprint density at radius 2 is 1.56 bits per heavy atom. The molecule has 0 unspecified atom stereocenters. The number of halogens is 2. The van der Waals surface area contributed by atoms with Gasteiger partial charge in [0.05, 0.1) is 10.6 Å². The van der Waals surface area contributed by atoms with E-state index in [-0.39, 0.29) is 29.1 Å². The van der Waals surface area contributed by atoms with E-state index in [4.69, 9.17) is 23.2 Å². The summed E-state index contributed by atoms with van der Waals surface area (Å²) < 4.78 is 28.6. The van der Waals surface area contributed by atoms with Crippen LogP contribution in [0.2, 0.25) is 10.0 Å². The molecule has 0 aliphatic carbocycles. The summed E-state index contributed by atoms with van der Waals surface area (Å²) in [5.41, 5.74) is 1.63. The number of aryl methyl sites for hydroxylation is 1. The average molecular weight is 591 g/mol. The minimum absolute atomic E-state index is 0.0154. The summed E-state index contributed by atoms with van der Waals surface area (Å²) in [5, 5.41) is 3.70. The van der Waals surface area contributed by atoms with Crippen molar-refractivity contribution in [2.24, 2.45) is 0 Å². The van der Waals surface area contributed by atoms with Gasteiger partial charge in [-0.15, -0.1) is 0 Å². The van der Waals surface area contributed by atoms with Crippen molar-refractivity contribution in [3.05, 3.63) is 94.0 Å². The molecule has 10 heteroatoms. The van der Waals surface area contributed by atoms with Gasteiger partial charge in [-0.1, -0.05) is 72.6 Å². The molecule has 0 bridgehead atoms. The number of nitrogens with one attached hydrogen (secondary N) is 1. The smallest absolute Gasteiger partial charge is 0.264 e. The molecule has 0 spiro atoms. The van der Waals surface area contributed by atoms with Gasteiger partial charge in [-0.25, -0.2) is 8.42 Å². The van der Waals surface area contributed by atoms with Crippen LogP contribution in [0.5, 0.6) is 0 Å². The van der Waals surface area contributed by atoms with Crippen molar-refractivity contribution in [3.63, 3.8) is 0 Å². The highest BCUT2D eigenvalue weighted by atomic mass is 35.5. The zero-order valence-electron chi connectivity index (χ0n) is 22.4. The van der Waals surface area contributed by atoms with Gasteiger partial charge in [0.1, 0.15) is 12.6 Å². The third-order valence-corrected chi connectivity index (χ3v) is 9.08. The Balaban J connectivity index is 2.05. The van der Waals surface area contributed by atoms with E-state index in [0.29, 0.717) is 22.0 Å². The Hall–Kier alpha value is -3.07. The third-order valence-electron chi connectivity index (χ3n) is 6.52. The second kappa shape index (κ2) is 13.3. The predicted octanol–water partition coefficient (Wildman–Crippen LogP) is 5.83. The molecule has 0 radical (unpaired) electrons. The second-order valence-corrected chi connectivity index (χ2v) is 12.0. The summed E-state index contributed by atoms with van der Waals surface area (Å²) in [4.78, 5) is 28.4. The number of rotatable bonds is 11. The summed E-state index contributed by atoms with van der Waals surface area (Å²) in [6.45, 7) is 6.70. The van der Waals surface area contributed by atoms with Gasteiger partial charge in [0.2, 0.25) is 11.8 Å². The summed E-state index contributed by atoms with van der Waals surface area (Å²) >= 11 is 12.7. The number of amides is 2. The highest BCUT2D eigenvalue weighted by Gasteiger charge is 2.33. The van der Waals surface area contributed by atoms with E-state index in [1.165, 1.54) is 23.1 Å². The van der Waals surface area contributed by atoms with E-state index in [1.807, 2.05) is 13.8 Å². The van der Waals surface area contributed by atoms with Gasteiger partial charge in [-0.3, -0.25) is 13.9 Å². The van der Waals surface area contributed by atoms with Crippen molar-refractivity contribution in [3.8, 4) is 0 Å². The molecule has 2 atom stereocenters. The number of benzene rings is 3. The zero-order valence-corrected chi connectivity index (χ0v) is 24.7. The normalized spacial score (nSPS) is 12.9. The first-order valence-electron chi connectivity index (χ1n) is 12.6. The van der Waals surface area contributed by atoms with E-state index in [1.54, 1.807) is 68.4 Å². The first kappa shape index (κ1) is 30.5. The van der Waals surface area contributed by atoms with Crippen LogP contribution in [0.15, 0.2) is 77.7 Å². The van der Waals surface area contributed by atoms with Crippen LogP contribution in [0.25, 0.3) is 0 Å².